The molecule has 0 aliphatic heterocycles. The van der Waals surface area contributed by atoms with Crippen LogP contribution >= 0.6 is 15.9 Å². The predicted molar refractivity (Wildman–Crippen MR) is 75.8 cm³/mol. The first-order valence-electron chi connectivity index (χ1n) is 5.43. The van der Waals surface area contributed by atoms with Gasteiger partial charge in [-0.05, 0) is 17.7 Å². The lowest BCUT2D eigenvalue weighted by molar-refractivity contribution is -0.121. The molecular weight excluding hydrogens is 352 g/mol. The lowest BCUT2D eigenvalue weighted by Crippen LogP contribution is -2.48. The standard InChI is InChI=1S/C11H13BrN2O5S/c1-20(18,19)14-10(15)9(13-11(16)17)6-7-2-4-8(12)5-3-7/h2-5,9,13H,6H2,1H3,(H,14,15)(H,16,17). The van der Waals surface area contributed by atoms with Crippen molar-refractivity contribution in [2.75, 3.05) is 6.26 Å². The zero-order chi connectivity index (χ0) is 15.3. The molecule has 0 aliphatic rings. The van der Waals surface area contributed by atoms with Gasteiger partial charge in [-0.2, -0.15) is 0 Å². The Labute approximate surface area is 124 Å². The fraction of sp³-hybridized carbons (Fsp3) is 0.273. The number of carboxylic acid groups (broad SMARTS) is 1. The van der Waals surface area contributed by atoms with Gasteiger partial charge in [0.15, 0.2) is 0 Å². The molecule has 1 rings (SSSR count). The van der Waals surface area contributed by atoms with Crippen molar-refractivity contribution in [3.63, 3.8) is 0 Å². The monoisotopic (exact) mass is 364 g/mol. The molecule has 0 aromatic heterocycles. The molecule has 0 fully saturated rings. The molecule has 1 atom stereocenters. The Morgan fingerprint density at radius 2 is 1.85 bits per heavy atom. The van der Waals surface area contributed by atoms with E-state index in [2.05, 4.69) is 15.9 Å². The van der Waals surface area contributed by atoms with Crippen LogP contribution in [0, 0.1) is 0 Å². The van der Waals surface area contributed by atoms with Gasteiger partial charge < -0.3 is 10.4 Å². The quantitative estimate of drug-likeness (QED) is 0.711. The summed E-state index contributed by atoms with van der Waals surface area (Å²) < 4.78 is 24.6. The van der Waals surface area contributed by atoms with Crippen LogP contribution < -0.4 is 10.0 Å². The van der Waals surface area contributed by atoms with Gasteiger partial charge in [0.2, 0.25) is 10.0 Å². The Morgan fingerprint density at radius 1 is 1.30 bits per heavy atom. The highest BCUT2D eigenvalue weighted by atomic mass is 79.9. The van der Waals surface area contributed by atoms with Crippen molar-refractivity contribution in [2.24, 2.45) is 0 Å². The van der Waals surface area contributed by atoms with E-state index in [4.69, 9.17) is 5.11 Å². The van der Waals surface area contributed by atoms with Crippen molar-refractivity contribution < 1.29 is 23.1 Å². The number of rotatable bonds is 5. The second-order valence-electron chi connectivity index (χ2n) is 4.07. The molecule has 20 heavy (non-hydrogen) atoms. The van der Waals surface area contributed by atoms with Crippen LogP contribution in [0.5, 0.6) is 0 Å². The maximum Gasteiger partial charge on any atom is 0.405 e. The van der Waals surface area contributed by atoms with Crippen molar-refractivity contribution in [3.05, 3.63) is 34.3 Å². The third kappa shape index (κ3) is 6.02. The number of benzene rings is 1. The van der Waals surface area contributed by atoms with Crippen LogP contribution in [0.2, 0.25) is 0 Å². The van der Waals surface area contributed by atoms with Gasteiger partial charge in [0, 0.05) is 10.9 Å². The molecule has 0 heterocycles. The van der Waals surface area contributed by atoms with Crippen LogP contribution in [-0.4, -0.2) is 37.8 Å². The molecule has 1 aromatic carbocycles. The first-order chi connectivity index (χ1) is 9.17. The minimum atomic E-state index is -3.74. The Kier molecular flexibility index (Phi) is 5.52. The van der Waals surface area contributed by atoms with Crippen LogP contribution in [0.25, 0.3) is 0 Å². The van der Waals surface area contributed by atoms with Crippen LogP contribution in [0.3, 0.4) is 0 Å². The van der Waals surface area contributed by atoms with E-state index in [-0.39, 0.29) is 6.42 Å². The van der Waals surface area contributed by atoms with Crippen LogP contribution in [0.15, 0.2) is 28.7 Å². The van der Waals surface area contributed by atoms with Crippen molar-refractivity contribution >= 4 is 38.0 Å². The summed E-state index contributed by atoms with van der Waals surface area (Å²) in [6, 6.07) is 5.69. The zero-order valence-electron chi connectivity index (χ0n) is 10.5. The van der Waals surface area contributed by atoms with E-state index in [9.17, 15) is 18.0 Å². The van der Waals surface area contributed by atoms with Crippen molar-refractivity contribution in [2.45, 2.75) is 12.5 Å². The maximum atomic E-state index is 11.7. The normalized spacial score (nSPS) is 12.5. The van der Waals surface area contributed by atoms with Crippen molar-refractivity contribution in [3.8, 4) is 0 Å². The zero-order valence-corrected chi connectivity index (χ0v) is 12.9. The van der Waals surface area contributed by atoms with Gasteiger partial charge in [-0.15, -0.1) is 0 Å². The van der Waals surface area contributed by atoms with Gasteiger partial charge in [0.25, 0.3) is 5.91 Å². The average molecular weight is 365 g/mol. The molecule has 0 spiro atoms. The molecule has 0 bridgehead atoms. The highest BCUT2D eigenvalue weighted by Crippen LogP contribution is 2.12. The van der Waals surface area contributed by atoms with Gasteiger partial charge in [-0.3, -0.25) is 9.52 Å². The smallest absolute Gasteiger partial charge is 0.405 e. The molecule has 1 unspecified atom stereocenters. The summed E-state index contributed by atoms with van der Waals surface area (Å²) in [4.78, 5) is 22.4. The molecule has 0 radical (unpaired) electrons. The molecule has 7 nitrogen and oxygen atoms in total. The molecule has 1 aromatic rings. The Balaban J connectivity index is 2.86. The van der Waals surface area contributed by atoms with E-state index >= 15 is 0 Å². The fourth-order valence-corrected chi connectivity index (χ4v) is 2.24. The van der Waals surface area contributed by atoms with Gasteiger partial charge >= 0.3 is 6.09 Å². The SMILES string of the molecule is CS(=O)(=O)NC(=O)C(Cc1ccc(Br)cc1)NC(=O)O. The number of carbonyl (C=O) groups is 2. The van der Waals surface area contributed by atoms with Gasteiger partial charge in [0.1, 0.15) is 6.04 Å². The van der Waals surface area contributed by atoms with Crippen LogP contribution in [0.4, 0.5) is 4.79 Å². The summed E-state index contributed by atoms with van der Waals surface area (Å²) in [6.07, 6.45) is -0.542. The topological polar surface area (TPSA) is 113 Å². The van der Waals surface area contributed by atoms with Gasteiger partial charge in [0.05, 0.1) is 6.26 Å². The summed E-state index contributed by atoms with van der Waals surface area (Å²) in [5.41, 5.74) is 0.690. The fourth-order valence-electron chi connectivity index (χ4n) is 1.47. The van der Waals surface area contributed by atoms with Crippen LogP contribution in [0.1, 0.15) is 5.56 Å². The highest BCUT2D eigenvalue weighted by Gasteiger charge is 2.23. The molecule has 0 aliphatic carbocycles. The van der Waals surface area contributed by atoms with Gasteiger partial charge in [-0.25, -0.2) is 13.2 Å². The van der Waals surface area contributed by atoms with E-state index in [1.54, 1.807) is 29.0 Å². The average Bonchev–Trinajstić information content (AvgIpc) is 2.28. The third-order valence-electron chi connectivity index (χ3n) is 2.25. The summed E-state index contributed by atoms with van der Waals surface area (Å²) in [6.45, 7) is 0. The molecule has 9 heteroatoms. The van der Waals surface area contributed by atoms with E-state index in [1.807, 2.05) is 5.32 Å². The van der Waals surface area contributed by atoms with Gasteiger partial charge in [-0.1, -0.05) is 28.1 Å². The number of halogens is 1. The number of hydrogen-bond donors (Lipinski definition) is 3. The molecular formula is C11H13BrN2O5S. The first-order valence-corrected chi connectivity index (χ1v) is 8.11. The summed E-state index contributed by atoms with van der Waals surface area (Å²) in [5.74, 6) is -0.919. The van der Waals surface area contributed by atoms with Crippen molar-refractivity contribution in [1.29, 1.82) is 0 Å². The molecule has 110 valence electrons. The summed E-state index contributed by atoms with van der Waals surface area (Å²) >= 11 is 3.25. The maximum absolute atomic E-state index is 11.7. The van der Waals surface area contributed by atoms with E-state index in [0.717, 1.165) is 10.7 Å². The number of amides is 2. The number of sulfonamides is 1. The Hall–Kier alpha value is -1.61. The molecule has 0 saturated heterocycles. The Morgan fingerprint density at radius 3 is 2.30 bits per heavy atom. The lowest BCUT2D eigenvalue weighted by Gasteiger charge is -2.16. The molecule has 2 amide bonds. The minimum absolute atomic E-state index is 0.0426. The lowest BCUT2D eigenvalue weighted by atomic mass is 10.1. The van der Waals surface area contributed by atoms with E-state index in [1.165, 1.54) is 0 Å². The van der Waals surface area contributed by atoms with E-state index in [0.29, 0.717) is 5.56 Å². The number of carbonyl (C=O) groups excluding carboxylic acids is 1. The summed E-state index contributed by atoms with van der Waals surface area (Å²) in [7, 11) is -3.74. The van der Waals surface area contributed by atoms with Crippen molar-refractivity contribution in [1.82, 2.24) is 10.0 Å². The second kappa shape index (κ2) is 6.71. The van der Waals surface area contributed by atoms with E-state index < -0.39 is 28.1 Å². The van der Waals surface area contributed by atoms with Crippen LogP contribution in [-0.2, 0) is 21.2 Å². The number of nitrogens with one attached hydrogen (secondary N) is 2. The molecule has 3 N–H and O–H groups in total. The highest BCUT2D eigenvalue weighted by molar-refractivity contribution is 9.10. The predicted octanol–water partition coefficient (Wildman–Crippen LogP) is 0.704. The number of hydrogen-bond acceptors (Lipinski definition) is 4. The first kappa shape index (κ1) is 16.4. The summed E-state index contributed by atoms with van der Waals surface area (Å²) in [5, 5.41) is 10.7. The second-order valence-corrected chi connectivity index (χ2v) is 6.74. The molecule has 0 saturated carbocycles. The largest absolute Gasteiger partial charge is 0.465 e. The third-order valence-corrected chi connectivity index (χ3v) is 3.35. The Bertz CT molecular complexity index is 600. The minimum Gasteiger partial charge on any atom is -0.465 e.